The van der Waals surface area contributed by atoms with Crippen LogP contribution < -0.4 is 0 Å². The SMILES string of the molecule is O=C1CCCCN1CC1CCC(O)C1. The van der Waals surface area contributed by atoms with Crippen molar-refractivity contribution in [3.8, 4) is 0 Å². The van der Waals surface area contributed by atoms with Crippen molar-refractivity contribution in [3.05, 3.63) is 0 Å². The molecule has 0 radical (unpaired) electrons. The maximum Gasteiger partial charge on any atom is 0.222 e. The number of amides is 1. The Morgan fingerprint density at radius 3 is 2.86 bits per heavy atom. The molecule has 1 aliphatic carbocycles. The molecule has 1 aliphatic heterocycles. The zero-order valence-electron chi connectivity index (χ0n) is 8.61. The van der Waals surface area contributed by atoms with Crippen LogP contribution in [-0.4, -0.2) is 35.1 Å². The van der Waals surface area contributed by atoms with Crippen LogP contribution in [0.5, 0.6) is 0 Å². The van der Waals surface area contributed by atoms with E-state index >= 15 is 0 Å². The number of aliphatic hydroxyl groups excluding tert-OH is 1. The van der Waals surface area contributed by atoms with Crippen LogP contribution >= 0.6 is 0 Å². The van der Waals surface area contributed by atoms with Crippen LogP contribution in [0.4, 0.5) is 0 Å². The van der Waals surface area contributed by atoms with E-state index in [9.17, 15) is 9.90 Å². The van der Waals surface area contributed by atoms with Gasteiger partial charge in [0.2, 0.25) is 5.91 Å². The van der Waals surface area contributed by atoms with E-state index in [1.165, 1.54) is 0 Å². The zero-order valence-corrected chi connectivity index (χ0v) is 8.61. The molecule has 0 aromatic heterocycles. The summed E-state index contributed by atoms with van der Waals surface area (Å²) in [5.41, 5.74) is 0. The van der Waals surface area contributed by atoms with E-state index in [-0.39, 0.29) is 6.10 Å². The van der Waals surface area contributed by atoms with Crippen molar-refractivity contribution in [2.45, 2.75) is 44.6 Å². The van der Waals surface area contributed by atoms with Crippen LogP contribution in [0.3, 0.4) is 0 Å². The van der Waals surface area contributed by atoms with Crippen LogP contribution in [0.1, 0.15) is 38.5 Å². The lowest BCUT2D eigenvalue weighted by Gasteiger charge is -2.29. The second-order valence-corrected chi connectivity index (χ2v) is 4.63. The molecule has 0 aromatic rings. The van der Waals surface area contributed by atoms with Crippen LogP contribution in [-0.2, 0) is 4.79 Å². The molecule has 1 heterocycles. The van der Waals surface area contributed by atoms with Crippen molar-refractivity contribution in [2.24, 2.45) is 5.92 Å². The van der Waals surface area contributed by atoms with Crippen molar-refractivity contribution in [1.29, 1.82) is 0 Å². The Hall–Kier alpha value is -0.570. The Morgan fingerprint density at radius 1 is 1.36 bits per heavy atom. The number of piperidine rings is 1. The molecule has 1 N–H and O–H groups in total. The van der Waals surface area contributed by atoms with E-state index in [0.717, 1.165) is 51.6 Å². The predicted octanol–water partition coefficient (Wildman–Crippen LogP) is 1.16. The van der Waals surface area contributed by atoms with Crippen molar-refractivity contribution >= 4 is 5.91 Å². The number of likely N-dealkylation sites (tertiary alicyclic amines) is 1. The van der Waals surface area contributed by atoms with E-state index in [1.807, 2.05) is 4.90 Å². The molecule has 1 amide bonds. The quantitative estimate of drug-likeness (QED) is 0.721. The highest BCUT2D eigenvalue weighted by atomic mass is 16.3. The third-order valence-electron chi connectivity index (χ3n) is 3.41. The first kappa shape index (κ1) is 9.97. The number of aliphatic hydroxyl groups is 1. The van der Waals surface area contributed by atoms with Gasteiger partial charge in [-0.3, -0.25) is 4.79 Å². The molecule has 2 atom stereocenters. The Kier molecular flexibility index (Phi) is 3.06. The van der Waals surface area contributed by atoms with Gasteiger partial charge in [-0.25, -0.2) is 0 Å². The molecule has 80 valence electrons. The minimum atomic E-state index is -0.111. The summed E-state index contributed by atoms with van der Waals surface area (Å²) >= 11 is 0. The van der Waals surface area contributed by atoms with Gasteiger partial charge in [0.15, 0.2) is 0 Å². The maximum atomic E-state index is 11.5. The standard InChI is InChI=1S/C11H19NO2/c13-10-5-4-9(7-10)8-12-6-2-1-3-11(12)14/h9-10,13H,1-8H2. The normalized spacial score (nSPS) is 33.8. The fourth-order valence-electron chi connectivity index (χ4n) is 2.58. The smallest absolute Gasteiger partial charge is 0.222 e. The van der Waals surface area contributed by atoms with Gasteiger partial charge in [-0.05, 0) is 38.0 Å². The number of hydrogen-bond acceptors (Lipinski definition) is 2. The molecular formula is C11H19NO2. The summed E-state index contributed by atoms with van der Waals surface area (Å²) in [6, 6.07) is 0. The van der Waals surface area contributed by atoms with E-state index in [1.54, 1.807) is 0 Å². The van der Waals surface area contributed by atoms with Gasteiger partial charge < -0.3 is 10.0 Å². The topological polar surface area (TPSA) is 40.5 Å². The fraction of sp³-hybridized carbons (Fsp3) is 0.909. The van der Waals surface area contributed by atoms with Gasteiger partial charge in [-0.1, -0.05) is 0 Å². The zero-order chi connectivity index (χ0) is 9.97. The molecule has 3 nitrogen and oxygen atoms in total. The van der Waals surface area contributed by atoms with Crippen molar-refractivity contribution in [2.75, 3.05) is 13.1 Å². The number of nitrogens with zero attached hydrogens (tertiary/aromatic N) is 1. The molecular weight excluding hydrogens is 178 g/mol. The highest BCUT2D eigenvalue weighted by molar-refractivity contribution is 5.76. The van der Waals surface area contributed by atoms with Gasteiger partial charge in [0.05, 0.1) is 6.10 Å². The molecule has 14 heavy (non-hydrogen) atoms. The summed E-state index contributed by atoms with van der Waals surface area (Å²) in [5, 5.41) is 9.39. The van der Waals surface area contributed by atoms with Gasteiger partial charge >= 0.3 is 0 Å². The lowest BCUT2D eigenvalue weighted by Crippen LogP contribution is -2.38. The molecule has 1 saturated heterocycles. The van der Waals surface area contributed by atoms with Crippen molar-refractivity contribution in [3.63, 3.8) is 0 Å². The van der Waals surface area contributed by atoms with E-state index in [0.29, 0.717) is 11.8 Å². The second kappa shape index (κ2) is 4.30. The number of rotatable bonds is 2. The van der Waals surface area contributed by atoms with E-state index in [4.69, 9.17) is 0 Å². The largest absolute Gasteiger partial charge is 0.393 e. The second-order valence-electron chi connectivity index (χ2n) is 4.63. The van der Waals surface area contributed by atoms with Gasteiger partial charge in [0, 0.05) is 19.5 Å². The Bertz CT molecular complexity index is 217. The molecule has 0 spiro atoms. The Balaban J connectivity index is 1.81. The molecule has 3 heteroatoms. The average molecular weight is 197 g/mol. The Morgan fingerprint density at radius 2 is 2.21 bits per heavy atom. The third kappa shape index (κ3) is 2.27. The fourth-order valence-corrected chi connectivity index (χ4v) is 2.58. The number of carbonyl (C=O) groups excluding carboxylic acids is 1. The van der Waals surface area contributed by atoms with E-state index < -0.39 is 0 Å². The minimum absolute atomic E-state index is 0.111. The molecule has 2 fully saturated rings. The van der Waals surface area contributed by atoms with Gasteiger partial charge in [-0.15, -0.1) is 0 Å². The van der Waals surface area contributed by atoms with Crippen molar-refractivity contribution in [1.82, 2.24) is 4.90 Å². The van der Waals surface area contributed by atoms with Crippen LogP contribution in [0, 0.1) is 5.92 Å². The minimum Gasteiger partial charge on any atom is -0.393 e. The van der Waals surface area contributed by atoms with Crippen LogP contribution in [0.2, 0.25) is 0 Å². The highest BCUT2D eigenvalue weighted by Gasteiger charge is 2.27. The first-order chi connectivity index (χ1) is 6.75. The summed E-state index contributed by atoms with van der Waals surface area (Å²) in [6.07, 6.45) is 5.74. The summed E-state index contributed by atoms with van der Waals surface area (Å²) in [5.74, 6) is 0.865. The number of hydrogen-bond donors (Lipinski definition) is 1. The molecule has 0 bridgehead atoms. The lowest BCUT2D eigenvalue weighted by molar-refractivity contribution is -0.133. The van der Waals surface area contributed by atoms with Crippen LogP contribution in [0.15, 0.2) is 0 Å². The summed E-state index contributed by atoms with van der Waals surface area (Å²) in [4.78, 5) is 13.5. The first-order valence-electron chi connectivity index (χ1n) is 5.71. The Labute approximate surface area is 85.1 Å². The molecule has 2 aliphatic rings. The molecule has 2 unspecified atom stereocenters. The van der Waals surface area contributed by atoms with Crippen molar-refractivity contribution < 1.29 is 9.90 Å². The highest BCUT2D eigenvalue weighted by Crippen LogP contribution is 2.27. The first-order valence-corrected chi connectivity index (χ1v) is 5.71. The third-order valence-corrected chi connectivity index (χ3v) is 3.41. The average Bonchev–Trinajstić information content (AvgIpc) is 2.56. The van der Waals surface area contributed by atoms with Crippen LogP contribution in [0.25, 0.3) is 0 Å². The summed E-state index contributed by atoms with van der Waals surface area (Å²) < 4.78 is 0. The van der Waals surface area contributed by atoms with E-state index in [2.05, 4.69) is 0 Å². The van der Waals surface area contributed by atoms with Gasteiger partial charge in [-0.2, -0.15) is 0 Å². The maximum absolute atomic E-state index is 11.5. The van der Waals surface area contributed by atoms with Gasteiger partial charge in [0.25, 0.3) is 0 Å². The molecule has 1 saturated carbocycles. The predicted molar refractivity (Wildman–Crippen MR) is 53.8 cm³/mol. The lowest BCUT2D eigenvalue weighted by atomic mass is 10.0. The van der Waals surface area contributed by atoms with Gasteiger partial charge in [0.1, 0.15) is 0 Å². The monoisotopic (exact) mass is 197 g/mol. The summed E-state index contributed by atoms with van der Waals surface area (Å²) in [7, 11) is 0. The number of carbonyl (C=O) groups is 1. The molecule has 2 rings (SSSR count). The molecule has 0 aromatic carbocycles. The summed E-state index contributed by atoms with van der Waals surface area (Å²) in [6.45, 7) is 1.82.